The molecule has 0 bridgehead atoms. The van der Waals surface area contributed by atoms with Crippen LogP contribution >= 0.6 is 0 Å². The third-order valence-corrected chi connectivity index (χ3v) is 4.02. The maximum atomic E-state index is 3.74. The van der Waals surface area contributed by atoms with E-state index in [-0.39, 0.29) is 0 Å². The van der Waals surface area contributed by atoms with Gasteiger partial charge in [0.1, 0.15) is 0 Å². The summed E-state index contributed by atoms with van der Waals surface area (Å²) in [5.41, 5.74) is 2.89. The number of hydrogen-bond acceptors (Lipinski definition) is 2. The molecule has 2 unspecified atom stereocenters. The normalized spacial score (nSPS) is 23.8. The van der Waals surface area contributed by atoms with Crippen LogP contribution in [0.2, 0.25) is 0 Å². The molecule has 2 atom stereocenters. The summed E-state index contributed by atoms with van der Waals surface area (Å²) in [6, 6.07) is 9.51. The molecule has 1 aromatic rings. The lowest BCUT2D eigenvalue weighted by atomic mass is 10.0. The third kappa shape index (κ3) is 3.56. The highest BCUT2D eigenvalue weighted by Gasteiger charge is 2.22. The molecule has 1 N–H and O–H groups in total. The second-order valence-corrected chi connectivity index (χ2v) is 5.90. The summed E-state index contributed by atoms with van der Waals surface area (Å²) in [6.45, 7) is 4.41. The van der Waals surface area contributed by atoms with Gasteiger partial charge in [0.2, 0.25) is 0 Å². The maximum absolute atomic E-state index is 3.74. The second kappa shape index (κ2) is 6.35. The van der Waals surface area contributed by atoms with Crippen LogP contribution in [0.5, 0.6) is 0 Å². The highest BCUT2D eigenvalue weighted by Crippen LogP contribution is 2.25. The van der Waals surface area contributed by atoms with Crippen molar-refractivity contribution >= 4 is 0 Å². The molecule has 0 saturated heterocycles. The molecule has 0 aliphatic heterocycles. The third-order valence-electron chi connectivity index (χ3n) is 4.02. The van der Waals surface area contributed by atoms with Gasteiger partial charge in [-0.3, -0.25) is 0 Å². The molecule has 0 spiro atoms. The maximum Gasteiger partial charge on any atom is 0.0230 e. The van der Waals surface area contributed by atoms with E-state index in [0.717, 1.165) is 25.0 Å². The Hall–Kier alpha value is -0.860. The van der Waals surface area contributed by atoms with Crippen LogP contribution in [0.25, 0.3) is 0 Å². The van der Waals surface area contributed by atoms with E-state index in [2.05, 4.69) is 55.5 Å². The molecule has 1 aliphatic rings. The minimum absolute atomic E-state index is 0.720. The monoisotopic (exact) mass is 246 g/mol. The fraction of sp³-hybridized carbons (Fsp3) is 0.625. The van der Waals surface area contributed by atoms with E-state index >= 15 is 0 Å². The Kier molecular flexibility index (Phi) is 4.79. The first-order chi connectivity index (χ1) is 8.66. The SMILES string of the molecule is CC1CCCC1NCc1ccccc1CN(C)C. The first-order valence-corrected chi connectivity index (χ1v) is 7.11. The Labute approximate surface area is 111 Å². The Morgan fingerprint density at radius 3 is 2.50 bits per heavy atom. The van der Waals surface area contributed by atoms with Crippen molar-refractivity contribution in [2.24, 2.45) is 5.92 Å². The predicted molar refractivity (Wildman–Crippen MR) is 77.5 cm³/mol. The lowest BCUT2D eigenvalue weighted by Crippen LogP contribution is -2.31. The van der Waals surface area contributed by atoms with E-state index in [1.165, 1.54) is 30.4 Å². The van der Waals surface area contributed by atoms with E-state index in [0.29, 0.717) is 0 Å². The quantitative estimate of drug-likeness (QED) is 0.859. The number of nitrogens with zero attached hydrogens (tertiary/aromatic N) is 1. The van der Waals surface area contributed by atoms with Crippen molar-refractivity contribution in [2.45, 2.75) is 45.3 Å². The number of nitrogens with one attached hydrogen (secondary N) is 1. The zero-order valence-corrected chi connectivity index (χ0v) is 11.9. The molecule has 1 saturated carbocycles. The number of hydrogen-bond donors (Lipinski definition) is 1. The van der Waals surface area contributed by atoms with Crippen molar-refractivity contribution in [1.29, 1.82) is 0 Å². The predicted octanol–water partition coefficient (Wildman–Crippen LogP) is 3.03. The molecule has 1 aromatic carbocycles. The molecule has 2 rings (SSSR count). The van der Waals surface area contributed by atoms with Crippen molar-refractivity contribution in [2.75, 3.05) is 14.1 Å². The van der Waals surface area contributed by atoms with E-state index < -0.39 is 0 Å². The van der Waals surface area contributed by atoms with Crippen LogP contribution in [0.4, 0.5) is 0 Å². The van der Waals surface area contributed by atoms with Gasteiger partial charge in [-0.1, -0.05) is 37.6 Å². The van der Waals surface area contributed by atoms with Crippen molar-refractivity contribution in [3.8, 4) is 0 Å². The summed E-state index contributed by atoms with van der Waals surface area (Å²) < 4.78 is 0. The molecule has 1 aliphatic carbocycles. The highest BCUT2D eigenvalue weighted by molar-refractivity contribution is 5.27. The Morgan fingerprint density at radius 2 is 1.89 bits per heavy atom. The van der Waals surface area contributed by atoms with Crippen LogP contribution in [0.1, 0.15) is 37.3 Å². The van der Waals surface area contributed by atoms with E-state index in [1.807, 2.05) is 0 Å². The van der Waals surface area contributed by atoms with Gasteiger partial charge in [0.05, 0.1) is 0 Å². The fourth-order valence-corrected chi connectivity index (χ4v) is 2.91. The van der Waals surface area contributed by atoms with Gasteiger partial charge in [-0.05, 0) is 44.0 Å². The zero-order valence-electron chi connectivity index (χ0n) is 11.9. The summed E-state index contributed by atoms with van der Waals surface area (Å²) in [4.78, 5) is 2.23. The molecule has 2 heteroatoms. The molecule has 0 heterocycles. The van der Waals surface area contributed by atoms with Gasteiger partial charge in [-0.25, -0.2) is 0 Å². The average Bonchev–Trinajstić information content (AvgIpc) is 2.73. The number of benzene rings is 1. The van der Waals surface area contributed by atoms with Crippen molar-refractivity contribution in [3.63, 3.8) is 0 Å². The van der Waals surface area contributed by atoms with Gasteiger partial charge in [0.25, 0.3) is 0 Å². The molecule has 0 amide bonds. The Morgan fingerprint density at radius 1 is 1.17 bits per heavy atom. The molecular weight excluding hydrogens is 220 g/mol. The van der Waals surface area contributed by atoms with Gasteiger partial charge < -0.3 is 10.2 Å². The smallest absolute Gasteiger partial charge is 0.0230 e. The minimum atomic E-state index is 0.720. The molecule has 18 heavy (non-hydrogen) atoms. The zero-order chi connectivity index (χ0) is 13.0. The van der Waals surface area contributed by atoms with Crippen LogP contribution in [0, 0.1) is 5.92 Å². The standard InChI is InChI=1S/C16H26N2/c1-13-7-6-10-16(13)17-11-14-8-4-5-9-15(14)12-18(2)3/h4-5,8-9,13,16-17H,6-7,10-12H2,1-3H3. The minimum Gasteiger partial charge on any atom is -0.310 e. The molecule has 0 radical (unpaired) electrons. The van der Waals surface area contributed by atoms with Gasteiger partial charge in [-0.2, -0.15) is 0 Å². The summed E-state index contributed by atoms with van der Waals surface area (Å²) in [7, 11) is 4.26. The topological polar surface area (TPSA) is 15.3 Å². The van der Waals surface area contributed by atoms with Gasteiger partial charge in [-0.15, -0.1) is 0 Å². The highest BCUT2D eigenvalue weighted by atomic mass is 15.0. The van der Waals surface area contributed by atoms with E-state index in [4.69, 9.17) is 0 Å². The second-order valence-electron chi connectivity index (χ2n) is 5.90. The Balaban J connectivity index is 1.95. The summed E-state index contributed by atoms with van der Waals surface area (Å²) in [5, 5.41) is 3.74. The summed E-state index contributed by atoms with van der Waals surface area (Å²) >= 11 is 0. The van der Waals surface area contributed by atoms with Crippen molar-refractivity contribution < 1.29 is 0 Å². The summed E-state index contributed by atoms with van der Waals surface area (Å²) in [6.07, 6.45) is 4.12. The van der Waals surface area contributed by atoms with Gasteiger partial charge >= 0.3 is 0 Å². The molecule has 1 fully saturated rings. The largest absolute Gasteiger partial charge is 0.310 e. The van der Waals surface area contributed by atoms with Gasteiger partial charge in [0, 0.05) is 19.1 Å². The van der Waals surface area contributed by atoms with Crippen molar-refractivity contribution in [1.82, 2.24) is 10.2 Å². The lowest BCUT2D eigenvalue weighted by molar-refractivity contribution is 0.395. The molecule has 2 nitrogen and oxygen atoms in total. The molecule has 100 valence electrons. The average molecular weight is 246 g/mol. The summed E-state index contributed by atoms with van der Waals surface area (Å²) in [5.74, 6) is 0.839. The lowest BCUT2D eigenvalue weighted by Gasteiger charge is -2.19. The molecule has 0 aromatic heterocycles. The van der Waals surface area contributed by atoms with Crippen LogP contribution in [-0.2, 0) is 13.1 Å². The van der Waals surface area contributed by atoms with E-state index in [1.54, 1.807) is 0 Å². The van der Waals surface area contributed by atoms with Crippen LogP contribution in [-0.4, -0.2) is 25.0 Å². The first kappa shape index (κ1) is 13.6. The van der Waals surface area contributed by atoms with Crippen LogP contribution in [0.3, 0.4) is 0 Å². The van der Waals surface area contributed by atoms with Gasteiger partial charge in [0.15, 0.2) is 0 Å². The Bertz CT molecular complexity index is 373. The van der Waals surface area contributed by atoms with E-state index in [9.17, 15) is 0 Å². The molecular formula is C16H26N2. The fourth-order valence-electron chi connectivity index (χ4n) is 2.91. The first-order valence-electron chi connectivity index (χ1n) is 7.11. The number of rotatable bonds is 5. The van der Waals surface area contributed by atoms with Crippen LogP contribution < -0.4 is 5.32 Å². The van der Waals surface area contributed by atoms with Crippen LogP contribution in [0.15, 0.2) is 24.3 Å². The van der Waals surface area contributed by atoms with Crippen molar-refractivity contribution in [3.05, 3.63) is 35.4 Å².